The zero-order chi connectivity index (χ0) is 29.6. The van der Waals surface area contributed by atoms with E-state index in [1.165, 1.54) is 19.2 Å². The number of carbonyl (C=O) groups is 3. The SMILES string of the molecule is COC(=O)C[C@H]1CC[C@H](c2ccc(NC(=O)CCNC(=O)c3nc(-c4ccccc4Cl)oc3C(F)(F)F)cc2)CC1. The Labute approximate surface area is 239 Å². The molecule has 3 aromatic rings. The van der Waals surface area contributed by atoms with E-state index in [0.29, 0.717) is 23.9 Å². The van der Waals surface area contributed by atoms with E-state index >= 15 is 0 Å². The van der Waals surface area contributed by atoms with Crippen molar-refractivity contribution in [2.75, 3.05) is 19.0 Å². The normalized spacial score (nSPS) is 17.1. The number of hydrogen-bond donors (Lipinski definition) is 2. The summed E-state index contributed by atoms with van der Waals surface area (Å²) in [5, 5.41) is 5.13. The predicted molar refractivity (Wildman–Crippen MR) is 145 cm³/mol. The van der Waals surface area contributed by atoms with E-state index in [9.17, 15) is 27.6 Å². The van der Waals surface area contributed by atoms with Crippen LogP contribution in [0, 0.1) is 5.92 Å². The molecule has 0 saturated heterocycles. The maximum Gasteiger partial charge on any atom is 0.452 e. The molecule has 1 aromatic heterocycles. The van der Waals surface area contributed by atoms with Crippen molar-refractivity contribution in [2.45, 2.75) is 50.6 Å². The van der Waals surface area contributed by atoms with Crippen molar-refractivity contribution in [1.82, 2.24) is 10.3 Å². The summed E-state index contributed by atoms with van der Waals surface area (Å²) in [5.41, 5.74) is 0.874. The van der Waals surface area contributed by atoms with Crippen molar-refractivity contribution in [2.24, 2.45) is 5.92 Å². The van der Waals surface area contributed by atoms with E-state index in [2.05, 4.69) is 15.6 Å². The van der Waals surface area contributed by atoms with Crippen LogP contribution in [-0.2, 0) is 20.5 Å². The summed E-state index contributed by atoms with van der Waals surface area (Å²) in [6.45, 7) is -0.219. The monoisotopic (exact) mass is 591 g/mol. The van der Waals surface area contributed by atoms with Crippen molar-refractivity contribution in [3.8, 4) is 11.5 Å². The Hall–Kier alpha value is -3.86. The van der Waals surface area contributed by atoms with Crippen molar-refractivity contribution in [3.05, 3.63) is 70.6 Å². The first kappa shape index (κ1) is 30.1. The Morgan fingerprint density at radius 2 is 1.73 bits per heavy atom. The average molecular weight is 592 g/mol. The van der Waals surface area contributed by atoms with Gasteiger partial charge in [0.15, 0.2) is 5.69 Å². The lowest BCUT2D eigenvalue weighted by atomic mass is 9.77. The molecule has 2 N–H and O–H groups in total. The summed E-state index contributed by atoms with van der Waals surface area (Å²) in [5.74, 6) is -3.01. The van der Waals surface area contributed by atoms with Gasteiger partial charge in [0, 0.05) is 25.1 Å². The number of carbonyl (C=O) groups excluding carboxylic acids is 3. The molecule has 0 spiro atoms. The van der Waals surface area contributed by atoms with Crippen LogP contribution in [0.25, 0.3) is 11.5 Å². The van der Waals surface area contributed by atoms with Crippen molar-refractivity contribution in [3.63, 3.8) is 0 Å². The molecule has 1 fully saturated rings. The number of anilines is 1. The highest BCUT2D eigenvalue weighted by molar-refractivity contribution is 6.33. The van der Waals surface area contributed by atoms with Crippen LogP contribution < -0.4 is 10.6 Å². The molecule has 12 heteroatoms. The standard InChI is InChI=1S/C29H29ClF3N3O5/c1-40-24(38)16-17-6-8-18(9-7-17)19-10-12-20(13-11-19)35-23(37)14-15-34-27(39)25-26(29(31,32)33)41-28(36-25)21-4-2-3-5-22(21)30/h2-5,10-13,17-18H,6-9,14-16H2,1H3,(H,34,39)(H,35,37)/t17-,18-. The minimum absolute atomic E-state index is 0.107. The number of ether oxygens (including phenoxy) is 1. The second-order valence-electron chi connectivity index (χ2n) is 9.85. The molecule has 1 aliphatic rings. The number of hydrogen-bond acceptors (Lipinski definition) is 6. The smallest absolute Gasteiger partial charge is 0.452 e. The second kappa shape index (κ2) is 13.2. The van der Waals surface area contributed by atoms with Crippen LogP contribution >= 0.6 is 11.6 Å². The molecule has 2 aromatic carbocycles. The summed E-state index contributed by atoms with van der Waals surface area (Å²) in [6.07, 6.45) is -0.864. The van der Waals surface area contributed by atoms with Gasteiger partial charge in [0.25, 0.3) is 5.91 Å². The second-order valence-corrected chi connectivity index (χ2v) is 10.3. The van der Waals surface area contributed by atoms with Gasteiger partial charge in [-0.3, -0.25) is 14.4 Å². The minimum Gasteiger partial charge on any atom is -0.469 e. The number of halogens is 4. The lowest BCUT2D eigenvalue weighted by molar-refractivity contribution is -0.153. The molecule has 0 radical (unpaired) electrons. The fraction of sp³-hybridized carbons (Fsp3) is 0.379. The molecule has 1 aliphatic carbocycles. The number of alkyl halides is 3. The number of nitrogens with zero attached hydrogens (tertiary/aromatic N) is 1. The van der Waals surface area contributed by atoms with Gasteiger partial charge in [0.2, 0.25) is 17.6 Å². The largest absolute Gasteiger partial charge is 0.469 e. The molecule has 4 rings (SSSR count). The number of benzene rings is 2. The third-order valence-electron chi connectivity index (χ3n) is 7.04. The van der Waals surface area contributed by atoms with Crippen LogP contribution in [0.2, 0.25) is 5.02 Å². The third kappa shape index (κ3) is 7.87. The fourth-order valence-electron chi connectivity index (χ4n) is 4.87. The van der Waals surface area contributed by atoms with Crippen LogP contribution in [0.5, 0.6) is 0 Å². The summed E-state index contributed by atoms with van der Waals surface area (Å²) in [6, 6.07) is 13.5. The number of amides is 2. The van der Waals surface area contributed by atoms with Crippen LogP contribution in [-0.4, -0.2) is 36.4 Å². The van der Waals surface area contributed by atoms with Gasteiger partial charge in [-0.15, -0.1) is 0 Å². The van der Waals surface area contributed by atoms with E-state index in [1.807, 2.05) is 12.1 Å². The van der Waals surface area contributed by atoms with Crippen LogP contribution in [0.3, 0.4) is 0 Å². The molecular formula is C29H29ClF3N3O5. The molecule has 1 saturated carbocycles. The van der Waals surface area contributed by atoms with Gasteiger partial charge < -0.3 is 19.8 Å². The van der Waals surface area contributed by atoms with Gasteiger partial charge in [-0.2, -0.15) is 13.2 Å². The lowest BCUT2D eigenvalue weighted by Crippen LogP contribution is -2.29. The molecule has 2 amide bonds. The van der Waals surface area contributed by atoms with Crippen LogP contribution in [0.15, 0.2) is 52.9 Å². The van der Waals surface area contributed by atoms with Crippen LogP contribution in [0.4, 0.5) is 18.9 Å². The Bertz CT molecular complexity index is 1380. The Kier molecular flexibility index (Phi) is 9.69. The first-order valence-corrected chi connectivity index (χ1v) is 13.5. The zero-order valence-corrected chi connectivity index (χ0v) is 23.0. The zero-order valence-electron chi connectivity index (χ0n) is 22.2. The molecule has 0 atom stereocenters. The Balaban J connectivity index is 1.28. The number of methoxy groups -OCH3 is 1. The summed E-state index contributed by atoms with van der Waals surface area (Å²) in [7, 11) is 1.40. The molecule has 41 heavy (non-hydrogen) atoms. The molecule has 218 valence electrons. The third-order valence-corrected chi connectivity index (χ3v) is 7.37. The average Bonchev–Trinajstić information content (AvgIpc) is 3.40. The summed E-state index contributed by atoms with van der Waals surface area (Å²) >= 11 is 6.03. The molecular weight excluding hydrogens is 563 g/mol. The van der Waals surface area contributed by atoms with Gasteiger partial charge >= 0.3 is 12.1 Å². The van der Waals surface area contributed by atoms with Crippen LogP contribution in [0.1, 0.15) is 66.3 Å². The number of aromatic nitrogens is 1. The van der Waals surface area contributed by atoms with Crippen molar-refractivity contribution in [1.29, 1.82) is 0 Å². The minimum atomic E-state index is -4.97. The number of nitrogens with one attached hydrogen (secondary N) is 2. The van der Waals surface area contributed by atoms with E-state index in [4.69, 9.17) is 20.8 Å². The topological polar surface area (TPSA) is 111 Å². The highest BCUT2D eigenvalue weighted by Crippen LogP contribution is 2.38. The van der Waals surface area contributed by atoms with Gasteiger partial charge in [-0.1, -0.05) is 35.9 Å². The van der Waals surface area contributed by atoms with Gasteiger partial charge in [-0.05, 0) is 67.3 Å². The van der Waals surface area contributed by atoms with E-state index in [-0.39, 0.29) is 29.5 Å². The molecule has 8 nitrogen and oxygen atoms in total. The first-order valence-electron chi connectivity index (χ1n) is 13.1. The number of rotatable bonds is 9. The first-order chi connectivity index (χ1) is 19.5. The summed E-state index contributed by atoms with van der Waals surface area (Å²) < 4.78 is 50.2. The molecule has 0 unspecified atom stereocenters. The highest BCUT2D eigenvalue weighted by atomic mass is 35.5. The molecule has 0 aliphatic heterocycles. The Morgan fingerprint density at radius 3 is 2.37 bits per heavy atom. The number of esters is 1. The fourth-order valence-corrected chi connectivity index (χ4v) is 5.09. The quantitative estimate of drug-likeness (QED) is 0.271. The maximum absolute atomic E-state index is 13.5. The van der Waals surface area contributed by atoms with Gasteiger partial charge in [0.1, 0.15) is 0 Å². The summed E-state index contributed by atoms with van der Waals surface area (Å²) in [4.78, 5) is 40.2. The number of oxazole rings is 1. The predicted octanol–water partition coefficient (Wildman–Crippen LogP) is 6.61. The van der Waals surface area contributed by atoms with Crippen molar-refractivity contribution < 1.29 is 36.7 Å². The molecule has 0 bridgehead atoms. The van der Waals surface area contributed by atoms with Gasteiger partial charge in [-0.25, -0.2) is 4.98 Å². The highest BCUT2D eigenvalue weighted by Gasteiger charge is 2.42. The lowest BCUT2D eigenvalue weighted by Gasteiger charge is -2.28. The van der Waals surface area contributed by atoms with Gasteiger partial charge in [0.05, 0.1) is 17.7 Å². The van der Waals surface area contributed by atoms with Crippen molar-refractivity contribution >= 4 is 35.1 Å². The molecule has 1 heterocycles. The Morgan fingerprint density at radius 1 is 1.05 bits per heavy atom. The van der Waals surface area contributed by atoms with E-state index in [0.717, 1.165) is 31.2 Å². The van der Waals surface area contributed by atoms with E-state index < -0.39 is 35.3 Å². The maximum atomic E-state index is 13.5. The van der Waals surface area contributed by atoms with E-state index in [1.54, 1.807) is 24.3 Å².